The molecule has 0 aromatic heterocycles. The second-order valence-electron chi connectivity index (χ2n) is 5.05. The molecule has 0 amide bonds. The maximum atomic E-state index is 12.7. The van der Waals surface area contributed by atoms with Crippen molar-refractivity contribution >= 4 is 15.7 Å². The monoisotopic (exact) mass is 313 g/mol. The van der Waals surface area contributed by atoms with Gasteiger partial charge in [-0.1, -0.05) is 13.0 Å². The average Bonchev–Trinajstić information content (AvgIpc) is 2.47. The molecule has 2 rings (SSSR count). The number of aryl methyl sites for hydroxylation is 1. The first-order chi connectivity index (χ1) is 9.86. The van der Waals surface area contributed by atoms with E-state index in [1.54, 1.807) is 6.92 Å². The van der Waals surface area contributed by atoms with Crippen LogP contribution in [-0.2, 0) is 10.0 Å². The largest absolute Gasteiger partial charge is 0.301 e. The molecule has 7 nitrogen and oxygen atoms in total. The minimum atomic E-state index is -3.68. The molecule has 1 heterocycles. The molecule has 116 valence electrons. The van der Waals surface area contributed by atoms with Crippen LogP contribution in [0.2, 0.25) is 0 Å². The lowest BCUT2D eigenvalue weighted by molar-refractivity contribution is -0.385. The quantitative estimate of drug-likeness (QED) is 0.616. The highest BCUT2D eigenvalue weighted by Crippen LogP contribution is 2.25. The van der Waals surface area contributed by atoms with Crippen LogP contribution in [0.15, 0.2) is 23.1 Å². The zero-order chi connectivity index (χ0) is 15.6. The van der Waals surface area contributed by atoms with E-state index in [4.69, 9.17) is 0 Å². The number of nitro groups is 1. The number of hydrogen-bond acceptors (Lipinski definition) is 5. The Bertz CT molecular complexity index is 637. The number of sulfonamides is 1. The second kappa shape index (κ2) is 6.08. The van der Waals surface area contributed by atoms with Crippen molar-refractivity contribution in [2.45, 2.75) is 18.7 Å². The van der Waals surface area contributed by atoms with Gasteiger partial charge in [0.05, 0.1) is 9.82 Å². The van der Waals surface area contributed by atoms with E-state index in [0.717, 1.165) is 12.6 Å². The van der Waals surface area contributed by atoms with Crippen molar-refractivity contribution < 1.29 is 13.3 Å². The number of non-ortho nitro benzene ring substituents is 1. The van der Waals surface area contributed by atoms with E-state index >= 15 is 0 Å². The van der Waals surface area contributed by atoms with Gasteiger partial charge in [0.1, 0.15) is 0 Å². The molecule has 0 saturated carbocycles. The molecule has 0 bridgehead atoms. The van der Waals surface area contributed by atoms with Crippen LogP contribution in [0.3, 0.4) is 0 Å². The van der Waals surface area contributed by atoms with Crippen molar-refractivity contribution in [1.29, 1.82) is 0 Å². The predicted octanol–water partition coefficient (Wildman–Crippen LogP) is 1.23. The highest BCUT2D eigenvalue weighted by molar-refractivity contribution is 7.89. The lowest BCUT2D eigenvalue weighted by Gasteiger charge is -2.33. The first-order valence-corrected chi connectivity index (χ1v) is 8.28. The van der Waals surface area contributed by atoms with Crippen LogP contribution in [0.1, 0.15) is 12.5 Å². The van der Waals surface area contributed by atoms with Gasteiger partial charge in [0.2, 0.25) is 10.0 Å². The van der Waals surface area contributed by atoms with E-state index < -0.39 is 14.9 Å². The van der Waals surface area contributed by atoms with Crippen LogP contribution in [-0.4, -0.2) is 55.3 Å². The molecule has 1 saturated heterocycles. The number of benzene rings is 1. The highest BCUT2D eigenvalue weighted by atomic mass is 32.2. The first kappa shape index (κ1) is 15.9. The summed E-state index contributed by atoms with van der Waals surface area (Å²) in [5, 5.41) is 10.8. The average molecular weight is 313 g/mol. The Hall–Kier alpha value is -1.51. The van der Waals surface area contributed by atoms with Crippen molar-refractivity contribution in [2.75, 3.05) is 32.7 Å². The van der Waals surface area contributed by atoms with Gasteiger partial charge in [-0.3, -0.25) is 10.1 Å². The van der Waals surface area contributed by atoms with Gasteiger partial charge in [0.15, 0.2) is 0 Å². The van der Waals surface area contributed by atoms with Crippen molar-refractivity contribution in [3.63, 3.8) is 0 Å². The molecule has 1 fully saturated rings. The topological polar surface area (TPSA) is 83.8 Å². The zero-order valence-corrected chi connectivity index (χ0v) is 13.0. The number of nitro benzene ring substituents is 1. The summed E-state index contributed by atoms with van der Waals surface area (Å²) < 4.78 is 26.7. The Morgan fingerprint density at radius 3 is 2.38 bits per heavy atom. The minimum absolute atomic E-state index is 0.0293. The first-order valence-electron chi connectivity index (χ1n) is 6.84. The van der Waals surface area contributed by atoms with Crippen LogP contribution in [0.5, 0.6) is 0 Å². The summed E-state index contributed by atoms with van der Waals surface area (Å²) in [7, 11) is -3.68. The van der Waals surface area contributed by atoms with Gasteiger partial charge in [-0.15, -0.1) is 0 Å². The Balaban J connectivity index is 2.32. The van der Waals surface area contributed by atoms with Gasteiger partial charge in [-0.25, -0.2) is 8.42 Å². The maximum Gasteiger partial charge on any atom is 0.270 e. The SMILES string of the molecule is CCN1CCN(S(=O)(=O)c2cc([N+](=O)[O-])ccc2C)CC1. The normalized spacial score (nSPS) is 17.8. The van der Waals surface area contributed by atoms with E-state index in [1.165, 1.54) is 16.4 Å². The molecule has 0 spiro atoms. The van der Waals surface area contributed by atoms with Crippen molar-refractivity contribution in [3.05, 3.63) is 33.9 Å². The molecule has 0 radical (unpaired) electrons. The van der Waals surface area contributed by atoms with Crippen LogP contribution >= 0.6 is 0 Å². The van der Waals surface area contributed by atoms with Crippen molar-refractivity contribution in [3.8, 4) is 0 Å². The summed E-state index contributed by atoms with van der Waals surface area (Å²) >= 11 is 0. The third kappa shape index (κ3) is 3.22. The molecular weight excluding hydrogens is 294 g/mol. The highest BCUT2D eigenvalue weighted by Gasteiger charge is 2.30. The standard InChI is InChI=1S/C13H19N3O4S/c1-3-14-6-8-15(9-7-14)21(19,20)13-10-12(16(17)18)5-4-11(13)2/h4-5,10H,3,6-9H2,1-2H3. The Kier molecular flexibility index (Phi) is 4.60. The summed E-state index contributed by atoms with van der Waals surface area (Å²) in [5.41, 5.74) is 0.324. The molecule has 1 aromatic carbocycles. The van der Waals surface area contributed by atoms with E-state index in [9.17, 15) is 18.5 Å². The fraction of sp³-hybridized carbons (Fsp3) is 0.538. The molecule has 1 aliphatic rings. The molecular formula is C13H19N3O4S. The molecule has 1 aliphatic heterocycles. The van der Waals surface area contributed by atoms with Crippen molar-refractivity contribution in [1.82, 2.24) is 9.21 Å². The third-order valence-electron chi connectivity index (χ3n) is 3.78. The maximum absolute atomic E-state index is 12.7. The summed E-state index contributed by atoms with van der Waals surface area (Å²) in [4.78, 5) is 12.5. The number of likely N-dealkylation sites (N-methyl/N-ethyl adjacent to an activating group) is 1. The van der Waals surface area contributed by atoms with Gasteiger partial charge in [-0.2, -0.15) is 4.31 Å². The molecule has 0 atom stereocenters. The van der Waals surface area contributed by atoms with Crippen LogP contribution in [0.4, 0.5) is 5.69 Å². The second-order valence-corrected chi connectivity index (χ2v) is 6.95. The van der Waals surface area contributed by atoms with Crippen LogP contribution in [0, 0.1) is 17.0 Å². The molecule has 21 heavy (non-hydrogen) atoms. The summed E-state index contributed by atoms with van der Waals surface area (Å²) in [6, 6.07) is 3.95. The Morgan fingerprint density at radius 2 is 1.86 bits per heavy atom. The lowest BCUT2D eigenvalue weighted by atomic mass is 10.2. The van der Waals surface area contributed by atoms with E-state index in [2.05, 4.69) is 4.90 Å². The Labute approximate surface area is 124 Å². The van der Waals surface area contributed by atoms with Gasteiger partial charge in [0.25, 0.3) is 5.69 Å². The smallest absolute Gasteiger partial charge is 0.270 e. The van der Waals surface area contributed by atoms with Crippen molar-refractivity contribution in [2.24, 2.45) is 0 Å². The van der Waals surface area contributed by atoms with Gasteiger partial charge < -0.3 is 4.90 Å². The van der Waals surface area contributed by atoms with E-state index in [1.807, 2.05) is 6.92 Å². The number of rotatable bonds is 4. The minimum Gasteiger partial charge on any atom is -0.301 e. The van der Waals surface area contributed by atoms with E-state index in [0.29, 0.717) is 31.7 Å². The number of piperazine rings is 1. The third-order valence-corrected chi connectivity index (χ3v) is 5.82. The molecule has 1 aromatic rings. The zero-order valence-electron chi connectivity index (χ0n) is 12.2. The fourth-order valence-electron chi connectivity index (χ4n) is 2.41. The predicted molar refractivity (Wildman–Crippen MR) is 78.7 cm³/mol. The molecule has 0 aliphatic carbocycles. The summed E-state index contributed by atoms with van der Waals surface area (Å²) in [6.45, 7) is 6.78. The molecule has 0 unspecified atom stereocenters. The Morgan fingerprint density at radius 1 is 1.24 bits per heavy atom. The number of nitrogens with zero attached hydrogens (tertiary/aromatic N) is 3. The van der Waals surface area contributed by atoms with Crippen LogP contribution < -0.4 is 0 Å². The fourth-order valence-corrected chi connectivity index (χ4v) is 4.07. The van der Waals surface area contributed by atoms with Crippen LogP contribution in [0.25, 0.3) is 0 Å². The lowest BCUT2D eigenvalue weighted by Crippen LogP contribution is -2.48. The molecule has 8 heteroatoms. The number of hydrogen-bond donors (Lipinski definition) is 0. The molecule has 0 N–H and O–H groups in total. The van der Waals surface area contributed by atoms with E-state index in [-0.39, 0.29) is 10.6 Å². The van der Waals surface area contributed by atoms with Gasteiger partial charge >= 0.3 is 0 Å². The summed E-state index contributed by atoms with van der Waals surface area (Å²) in [5.74, 6) is 0. The summed E-state index contributed by atoms with van der Waals surface area (Å²) in [6.07, 6.45) is 0. The van der Waals surface area contributed by atoms with Gasteiger partial charge in [-0.05, 0) is 19.0 Å². The van der Waals surface area contributed by atoms with Gasteiger partial charge in [0, 0.05) is 38.3 Å².